The fourth-order valence-corrected chi connectivity index (χ4v) is 3.79. The van der Waals surface area contributed by atoms with Gasteiger partial charge in [-0.3, -0.25) is 14.5 Å². The maximum Gasteiger partial charge on any atom is 0.289 e. The number of nitrogens with one attached hydrogen (secondary N) is 1. The van der Waals surface area contributed by atoms with Gasteiger partial charge in [-0.15, -0.1) is 0 Å². The quantitative estimate of drug-likeness (QED) is 0.740. The van der Waals surface area contributed by atoms with Gasteiger partial charge in [-0.25, -0.2) is 9.97 Å². The second kappa shape index (κ2) is 7.28. The van der Waals surface area contributed by atoms with E-state index in [1.54, 1.807) is 23.3 Å². The Kier molecular flexibility index (Phi) is 4.70. The summed E-state index contributed by atoms with van der Waals surface area (Å²) < 4.78 is 1.68. The Balaban J connectivity index is 1.63. The van der Waals surface area contributed by atoms with Crippen molar-refractivity contribution in [1.29, 1.82) is 0 Å². The van der Waals surface area contributed by atoms with Crippen molar-refractivity contribution in [2.75, 3.05) is 29.5 Å². The summed E-state index contributed by atoms with van der Waals surface area (Å²) in [6.07, 6.45) is 5.19. The van der Waals surface area contributed by atoms with E-state index < -0.39 is 0 Å². The van der Waals surface area contributed by atoms with Crippen LogP contribution in [0, 0.1) is 0 Å². The number of amides is 1. The fraction of sp³-hybridized carbons (Fsp3) is 0.353. The fourth-order valence-electron chi connectivity index (χ4n) is 2.89. The molecule has 0 saturated carbocycles. The summed E-state index contributed by atoms with van der Waals surface area (Å²) in [5.74, 6) is 2.75. The van der Waals surface area contributed by atoms with Crippen LogP contribution in [0.4, 0.5) is 5.82 Å². The predicted octanol–water partition coefficient (Wildman–Crippen LogP) is 1.24. The number of nitrogens with zero attached hydrogens (tertiary/aromatic N) is 6. The van der Waals surface area contributed by atoms with Crippen molar-refractivity contribution in [2.45, 2.75) is 6.54 Å². The van der Waals surface area contributed by atoms with Gasteiger partial charge in [-0.05, 0) is 11.6 Å². The minimum absolute atomic E-state index is 0.165. The zero-order chi connectivity index (χ0) is 17.9. The van der Waals surface area contributed by atoms with E-state index in [4.69, 9.17) is 0 Å². The molecule has 9 heteroatoms. The molecule has 0 aromatic carbocycles. The van der Waals surface area contributed by atoms with Gasteiger partial charge < -0.3 is 10.2 Å². The van der Waals surface area contributed by atoms with Gasteiger partial charge in [0.15, 0.2) is 5.65 Å². The molecule has 0 radical (unpaired) electrons. The number of hydrogen-bond acceptors (Lipinski definition) is 7. The van der Waals surface area contributed by atoms with Crippen LogP contribution in [-0.4, -0.2) is 55.2 Å². The van der Waals surface area contributed by atoms with Gasteiger partial charge in [-0.2, -0.15) is 16.9 Å². The molecule has 4 rings (SSSR count). The van der Waals surface area contributed by atoms with Gasteiger partial charge in [0.25, 0.3) is 5.91 Å². The molecule has 4 heterocycles. The number of anilines is 1. The molecule has 0 atom stereocenters. The molecule has 1 saturated heterocycles. The second-order valence-corrected chi connectivity index (χ2v) is 7.24. The summed E-state index contributed by atoms with van der Waals surface area (Å²) in [4.78, 5) is 27.9. The number of aromatic nitrogens is 5. The number of rotatable bonds is 4. The first kappa shape index (κ1) is 16.8. The maximum absolute atomic E-state index is 12.6. The van der Waals surface area contributed by atoms with Crippen molar-refractivity contribution >= 4 is 34.5 Å². The van der Waals surface area contributed by atoms with E-state index >= 15 is 0 Å². The molecule has 1 amide bonds. The predicted molar refractivity (Wildman–Crippen MR) is 101 cm³/mol. The highest BCUT2D eigenvalue weighted by atomic mass is 32.2. The van der Waals surface area contributed by atoms with Crippen molar-refractivity contribution in [1.82, 2.24) is 30.0 Å². The average Bonchev–Trinajstić information content (AvgIpc) is 3.08. The van der Waals surface area contributed by atoms with E-state index in [1.165, 1.54) is 0 Å². The third-order valence-electron chi connectivity index (χ3n) is 4.26. The van der Waals surface area contributed by atoms with Crippen LogP contribution in [0.15, 0.2) is 30.7 Å². The van der Waals surface area contributed by atoms with Crippen LogP contribution >= 0.6 is 11.8 Å². The van der Waals surface area contributed by atoms with Crippen LogP contribution in [0.3, 0.4) is 0 Å². The highest BCUT2D eigenvalue weighted by Crippen LogP contribution is 2.25. The van der Waals surface area contributed by atoms with Gasteiger partial charge in [0.05, 0.1) is 11.6 Å². The average molecular weight is 369 g/mol. The normalized spacial score (nSPS) is 14.6. The minimum Gasteiger partial charge on any atom is -0.354 e. The van der Waals surface area contributed by atoms with Crippen molar-refractivity contribution < 1.29 is 4.79 Å². The van der Waals surface area contributed by atoms with Crippen molar-refractivity contribution in [3.05, 3.63) is 42.1 Å². The zero-order valence-electron chi connectivity index (χ0n) is 14.4. The van der Waals surface area contributed by atoms with E-state index in [0.717, 1.165) is 41.4 Å². The minimum atomic E-state index is -0.301. The highest BCUT2D eigenvalue weighted by Gasteiger charge is 2.21. The monoisotopic (exact) mass is 369 g/mol. The highest BCUT2D eigenvalue weighted by molar-refractivity contribution is 7.99. The molecule has 1 N–H and O–H groups in total. The molecule has 3 aromatic rings. The van der Waals surface area contributed by atoms with Gasteiger partial charge >= 0.3 is 0 Å². The largest absolute Gasteiger partial charge is 0.354 e. The Bertz CT molecular complexity index is 922. The Morgan fingerprint density at radius 1 is 1.27 bits per heavy atom. The van der Waals surface area contributed by atoms with Gasteiger partial charge in [0, 0.05) is 50.6 Å². The summed E-state index contributed by atoms with van der Waals surface area (Å²) >= 11 is 1.93. The van der Waals surface area contributed by atoms with Gasteiger partial charge in [0.2, 0.25) is 5.82 Å². The first-order valence-corrected chi connectivity index (χ1v) is 9.57. The number of thioether (sulfide) groups is 1. The topological polar surface area (TPSA) is 88.8 Å². The lowest BCUT2D eigenvalue weighted by Crippen LogP contribution is -2.34. The Labute approximate surface area is 155 Å². The smallest absolute Gasteiger partial charge is 0.289 e. The van der Waals surface area contributed by atoms with Crippen LogP contribution in [0.5, 0.6) is 0 Å². The first-order valence-electron chi connectivity index (χ1n) is 8.42. The molecule has 1 aliphatic rings. The summed E-state index contributed by atoms with van der Waals surface area (Å²) in [6.45, 7) is 2.19. The Morgan fingerprint density at radius 2 is 2.12 bits per heavy atom. The lowest BCUT2D eigenvalue weighted by atomic mass is 10.3. The molecular weight excluding hydrogens is 350 g/mol. The lowest BCUT2D eigenvalue weighted by Gasteiger charge is -2.27. The van der Waals surface area contributed by atoms with Gasteiger partial charge in [-0.1, -0.05) is 6.07 Å². The molecule has 8 nitrogen and oxygen atoms in total. The SMILES string of the molecule is Cn1ncc2c(N3CCSCC3)nc(C(=O)NCc3cccnc3)nc21. The number of aryl methyl sites for hydroxylation is 1. The summed E-state index contributed by atoms with van der Waals surface area (Å²) in [5, 5.41) is 8.03. The van der Waals surface area contributed by atoms with Crippen molar-refractivity contribution in [2.24, 2.45) is 7.05 Å². The maximum atomic E-state index is 12.6. The van der Waals surface area contributed by atoms with Crippen LogP contribution in [0.1, 0.15) is 16.2 Å². The molecule has 0 unspecified atom stereocenters. The van der Waals surface area contributed by atoms with E-state index in [0.29, 0.717) is 12.2 Å². The van der Waals surface area contributed by atoms with Crippen LogP contribution in [0.2, 0.25) is 0 Å². The second-order valence-electron chi connectivity index (χ2n) is 6.02. The third-order valence-corrected chi connectivity index (χ3v) is 5.20. The number of pyridine rings is 1. The van der Waals surface area contributed by atoms with Crippen molar-refractivity contribution in [3.8, 4) is 0 Å². The standard InChI is InChI=1S/C17H19N7OS/c1-23-15-13(11-20-23)16(24-5-7-26-8-6-24)22-14(21-15)17(25)19-10-12-3-2-4-18-9-12/h2-4,9,11H,5-8,10H2,1H3,(H,19,25). The third kappa shape index (κ3) is 3.34. The number of carbonyl (C=O) groups is 1. The molecule has 0 bridgehead atoms. The number of carbonyl (C=O) groups excluding carboxylic acids is 1. The molecule has 0 aliphatic carbocycles. The molecule has 0 spiro atoms. The summed E-state index contributed by atoms with van der Waals surface area (Å²) in [7, 11) is 1.82. The lowest BCUT2D eigenvalue weighted by molar-refractivity contribution is 0.0941. The summed E-state index contributed by atoms with van der Waals surface area (Å²) in [5.41, 5.74) is 1.59. The number of fused-ring (bicyclic) bond motifs is 1. The van der Waals surface area contributed by atoms with E-state index in [2.05, 4.69) is 30.3 Å². The van der Waals surface area contributed by atoms with Gasteiger partial charge in [0.1, 0.15) is 5.82 Å². The molecule has 26 heavy (non-hydrogen) atoms. The molecule has 1 fully saturated rings. The molecule has 134 valence electrons. The van der Waals surface area contributed by atoms with Crippen LogP contribution < -0.4 is 10.2 Å². The van der Waals surface area contributed by atoms with E-state index in [-0.39, 0.29) is 11.7 Å². The zero-order valence-corrected chi connectivity index (χ0v) is 15.2. The first-order chi connectivity index (χ1) is 12.7. The molecule has 3 aromatic heterocycles. The number of hydrogen-bond donors (Lipinski definition) is 1. The Hall–Kier alpha value is -2.68. The summed E-state index contributed by atoms with van der Waals surface area (Å²) in [6, 6.07) is 3.75. The van der Waals surface area contributed by atoms with Crippen molar-refractivity contribution in [3.63, 3.8) is 0 Å². The van der Waals surface area contributed by atoms with Crippen LogP contribution in [0.25, 0.3) is 11.0 Å². The Morgan fingerprint density at radius 3 is 2.88 bits per heavy atom. The molecule has 1 aliphatic heterocycles. The van der Waals surface area contributed by atoms with E-state index in [9.17, 15) is 4.79 Å². The molecular formula is C17H19N7OS. The van der Waals surface area contributed by atoms with E-state index in [1.807, 2.05) is 30.9 Å². The van der Waals surface area contributed by atoms with Crippen LogP contribution in [-0.2, 0) is 13.6 Å².